The summed E-state index contributed by atoms with van der Waals surface area (Å²) in [6.45, 7) is 1.17. The number of methoxy groups -OCH3 is 1. The third-order valence-electron chi connectivity index (χ3n) is 3.32. The lowest BCUT2D eigenvalue weighted by Gasteiger charge is -2.11. The molecular formula is C18H18N2O2. The molecule has 0 atom stereocenters. The number of benzene rings is 2. The standard InChI is InChI=1S/C18H18N2O2/c1-22-12-6-11-20-18(21)17-10-5-4-9-16(17)15-8-3-2-7-14(15)13-19/h2-5,7-10H,6,11-12H2,1H3,(H,20,21). The van der Waals surface area contributed by atoms with Gasteiger partial charge in [-0.1, -0.05) is 36.4 Å². The molecule has 0 spiro atoms. The van der Waals surface area contributed by atoms with E-state index < -0.39 is 0 Å². The smallest absolute Gasteiger partial charge is 0.251 e. The second-order valence-corrected chi connectivity index (χ2v) is 4.81. The summed E-state index contributed by atoms with van der Waals surface area (Å²) in [5.74, 6) is -0.139. The first kappa shape index (κ1) is 15.7. The summed E-state index contributed by atoms with van der Waals surface area (Å²) in [6.07, 6.45) is 0.763. The third kappa shape index (κ3) is 3.72. The number of rotatable bonds is 6. The molecule has 2 aromatic carbocycles. The topological polar surface area (TPSA) is 62.1 Å². The maximum atomic E-state index is 12.4. The van der Waals surface area contributed by atoms with Crippen LogP contribution >= 0.6 is 0 Å². The van der Waals surface area contributed by atoms with Crippen molar-refractivity contribution >= 4 is 5.91 Å². The van der Waals surface area contributed by atoms with Crippen LogP contribution in [0.5, 0.6) is 0 Å². The highest BCUT2D eigenvalue weighted by Gasteiger charge is 2.14. The molecule has 4 nitrogen and oxygen atoms in total. The maximum Gasteiger partial charge on any atom is 0.251 e. The van der Waals surface area contributed by atoms with E-state index in [0.29, 0.717) is 24.3 Å². The minimum absolute atomic E-state index is 0.139. The number of nitrogens with one attached hydrogen (secondary N) is 1. The number of hydrogen-bond donors (Lipinski definition) is 1. The Morgan fingerprint density at radius 1 is 1.14 bits per heavy atom. The van der Waals surface area contributed by atoms with Crippen molar-refractivity contribution in [1.82, 2.24) is 5.32 Å². The predicted octanol–water partition coefficient (Wildman–Crippen LogP) is 2.99. The molecule has 0 aliphatic heterocycles. The second-order valence-electron chi connectivity index (χ2n) is 4.81. The number of nitriles is 1. The molecule has 0 aliphatic rings. The summed E-state index contributed by atoms with van der Waals surface area (Å²) in [7, 11) is 1.63. The zero-order valence-electron chi connectivity index (χ0n) is 12.5. The number of carbonyl (C=O) groups is 1. The van der Waals surface area contributed by atoms with Gasteiger partial charge in [0.05, 0.1) is 11.6 Å². The van der Waals surface area contributed by atoms with E-state index in [1.54, 1.807) is 19.2 Å². The molecule has 4 heteroatoms. The van der Waals surface area contributed by atoms with Gasteiger partial charge in [0.1, 0.15) is 0 Å². The number of nitrogens with zero attached hydrogens (tertiary/aromatic N) is 1. The molecule has 0 aromatic heterocycles. The fourth-order valence-corrected chi connectivity index (χ4v) is 2.25. The van der Waals surface area contributed by atoms with Gasteiger partial charge in [-0.15, -0.1) is 0 Å². The lowest BCUT2D eigenvalue weighted by molar-refractivity contribution is 0.0949. The SMILES string of the molecule is COCCCNC(=O)c1ccccc1-c1ccccc1C#N. The molecule has 0 bridgehead atoms. The second kappa shape index (κ2) is 7.96. The minimum Gasteiger partial charge on any atom is -0.385 e. The van der Waals surface area contributed by atoms with Gasteiger partial charge in [0.15, 0.2) is 0 Å². The van der Waals surface area contributed by atoms with Gasteiger partial charge in [-0.25, -0.2) is 0 Å². The molecule has 0 saturated carbocycles. The van der Waals surface area contributed by atoms with Crippen LogP contribution in [-0.2, 0) is 4.74 Å². The van der Waals surface area contributed by atoms with Gasteiger partial charge in [0, 0.05) is 31.4 Å². The van der Waals surface area contributed by atoms with Crippen molar-refractivity contribution < 1.29 is 9.53 Å². The fraction of sp³-hybridized carbons (Fsp3) is 0.222. The van der Waals surface area contributed by atoms with E-state index in [2.05, 4.69) is 11.4 Å². The summed E-state index contributed by atoms with van der Waals surface area (Å²) in [6, 6.07) is 16.8. The predicted molar refractivity (Wildman–Crippen MR) is 85.4 cm³/mol. The molecule has 1 amide bonds. The molecular weight excluding hydrogens is 276 g/mol. The largest absolute Gasteiger partial charge is 0.385 e. The van der Waals surface area contributed by atoms with Gasteiger partial charge in [-0.2, -0.15) is 5.26 Å². The van der Waals surface area contributed by atoms with Crippen LogP contribution in [0.1, 0.15) is 22.3 Å². The van der Waals surface area contributed by atoms with Crippen molar-refractivity contribution in [3.63, 3.8) is 0 Å². The maximum absolute atomic E-state index is 12.4. The first-order valence-corrected chi connectivity index (χ1v) is 7.13. The van der Waals surface area contributed by atoms with Crippen LogP contribution in [0, 0.1) is 11.3 Å². The number of amides is 1. The lowest BCUT2D eigenvalue weighted by atomic mass is 9.95. The molecule has 0 saturated heterocycles. The Morgan fingerprint density at radius 3 is 2.55 bits per heavy atom. The molecule has 0 fully saturated rings. The van der Waals surface area contributed by atoms with Crippen LogP contribution in [0.25, 0.3) is 11.1 Å². The molecule has 1 N–H and O–H groups in total. The zero-order valence-corrected chi connectivity index (χ0v) is 12.5. The van der Waals surface area contributed by atoms with Gasteiger partial charge < -0.3 is 10.1 Å². The number of hydrogen-bond acceptors (Lipinski definition) is 3. The minimum atomic E-state index is -0.139. The lowest BCUT2D eigenvalue weighted by Crippen LogP contribution is -2.25. The van der Waals surface area contributed by atoms with Gasteiger partial charge in [-0.3, -0.25) is 4.79 Å². The normalized spacial score (nSPS) is 10.0. The van der Waals surface area contributed by atoms with Crippen molar-refractivity contribution in [2.75, 3.05) is 20.3 Å². The van der Waals surface area contributed by atoms with E-state index in [4.69, 9.17) is 4.74 Å². The van der Waals surface area contributed by atoms with E-state index in [0.717, 1.165) is 17.5 Å². The number of carbonyl (C=O) groups excluding carboxylic acids is 1. The molecule has 22 heavy (non-hydrogen) atoms. The first-order valence-electron chi connectivity index (χ1n) is 7.13. The molecule has 112 valence electrons. The zero-order chi connectivity index (χ0) is 15.8. The Hall–Kier alpha value is -2.64. The van der Waals surface area contributed by atoms with Crippen LogP contribution in [0.4, 0.5) is 0 Å². The summed E-state index contributed by atoms with van der Waals surface area (Å²) in [5, 5.41) is 12.1. The Bertz CT molecular complexity index is 689. The van der Waals surface area contributed by atoms with Crippen LogP contribution < -0.4 is 5.32 Å². The van der Waals surface area contributed by atoms with Crippen molar-refractivity contribution in [2.24, 2.45) is 0 Å². The monoisotopic (exact) mass is 294 g/mol. The summed E-state index contributed by atoms with van der Waals surface area (Å²) >= 11 is 0. The number of ether oxygens (including phenoxy) is 1. The molecule has 0 aliphatic carbocycles. The van der Waals surface area contributed by atoms with Crippen LogP contribution in [-0.4, -0.2) is 26.2 Å². The molecule has 0 heterocycles. The van der Waals surface area contributed by atoms with Crippen molar-refractivity contribution in [3.05, 3.63) is 59.7 Å². The van der Waals surface area contributed by atoms with Crippen LogP contribution in [0.2, 0.25) is 0 Å². The molecule has 2 aromatic rings. The van der Waals surface area contributed by atoms with Crippen LogP contribution in [0.3, 0.4) is 0 Å². The fourth-order valence-electron chi connectivity index (χ4n) is 2.25. The summed E-state index contributed by atoms with van der Waals surface area (Å²) < 4.78 is 4.97. The van der Waals surface area contributed by atoms with E-state index >= 15 is 0 Å². The van der Waals surface area contributed by atoms with Crippen LogP contribution in [0.15, 0.2) is 48.5 Å². The Morgan fingerprint density at radius 2 is 1.82 bits per heavy atom. The van der Waals surface area contributed by atoms with Crippen molar-refractivity contribution in [1.29, 1.82) is 5.26 Å². The molecule has 0 unspecified atom stereocenters. The van der Waals surface area contributed by atoms with Gasteiger partial charge in [0.25, 0.3) is 5.91 Å². The summed E-state index contributed by atoms with van der Waals surface area (Å²) in [5.41, 5.74) is 2.67. The van der Waals surface area contributed by atoms with E-state index in [1.807, 2.05) is 36.4 Å². The van der Waals surface area contributed by atoms with E-state index in [9.17, 15) is 10.1 Å². The van der Waals surface area contributed by atoms with Crippen molar-refractivity contribution in [3.8, 4) is 17.2 Å². The molecule has 0 radical (unpaired) electrons. The van der Waals surface area contributed by atoms with Gasteiger partial charge in [-0.05, 0) is 24.1 Å². The van der Waals surface area contributed by atoms with Crippen molar-refractivity contribution in [2.45, 2.75) is 6.42 Å². The van der Waals surface area contributed by atoms with E-state index in [-0.39, 0.29) is 5.91 Å². The van der Waals surface area contributed by atoms with Gasteiger partial charge >= 0.3 is 0 Å². The highest BCUT2D eigenvalue weighted by atomic mass is 16.5. The highest BCUT2D eigenvalue weighted by molar-refractivity contribution is 6.01. The highest BCUT2D eigenvalue weighted by Crippen LogP contribution is 2.26. The average molecular weight is 294 g/mol. The van der Waals surface area contributed by atoms with E-state index in [1.165, 1.54) is 0 Å². The average Bonchev–Trinajstić information content (AvgIpc) is 2.58. The Labute approximate surface area is 130 Å². The first-order chi connectivity index (χ1) is 10.8. The third-order valence-corrected chi connectivity index (χ3v) is 3.32. The molecule has 2 rings (SSSR count). The Kier molecular flexibility index (Phi) is 5.70. The quantitative estimate of drug-likeness (QED) is 0.833. The summed E-state index contributed by atoms with van der Waals surface area (Å²) in [4.78, 5) is 12.4. The van der Waals surface area contributed by atoms with Gasteiger partial charge in [0.2, 0.25) is 0 Å². The Balaban J connectivity index is 2.27.